The van der Waals surface area contributed by atoms with Gasteiger partial charge in [-0.05, 0) is 62.4 Å². The maximum Gasteiger partial charge on any atom is 0.220 e. The van der Waals surface area contributed by atoms with E-state index in [9.17, 15) is 4.79 Å². The number of nitrogens with one attached hydrogen (secondary N) is 2. The Labute approximate surface area is 139 Å². The maximum absolute atomic E-state index is 11.8. The molecule has 2 rings (SSSR count). The number of halogens is 1. The van der Waals surface area contributed by atoms with Crippen molar-refractivity contribution in [3.05, 3.63) is 29.8 Å². The first-order valence-corrected chi connectivity index (χ1v) is 7.88. The highest BCUT2D eigenvalue weighted by Crippen LogP contribution is 2.13. The lowest BCUT2D eigenvalue weighted by Crippen LogP contribution is -2.38. The summed E-state index contributed by atoms with van der Waals surface area (Å²) in [4.78, 5) is 11.8. The minimum Gasteiger partial charge on any atom is -0.497 e. The van der Waals surface area contributed by atoms with Crippen molar-refractivity contribution < 1.29 is 9.53 Å². The molecule has 1 unspecified atom stereocenters. The van der Waals surface area contributed by atoms with Crippen molar-refractivity contribution in [3.8, 4) is 5.75 Å². The molecule has 0 spiro atoms. The second-order valence-corrected chi connectivity index (χ2v) is 5.72. The van der Waals surface area contributed by atoms with Gasteiger partial charge >= 0.3 is 0 Å². The molecule has 0 radical (unpaired) electrons. The summed E-state index contributed by atoms with van der Waals surface area (Å²) in [7, 11) is 1.67. The van der Waals surface area contributed by atoms with E-state index in [-0.39, 0.29) is 18.3 Å². The molecule has 0 saturated carbocycles. The third-order valence-electron chi connectivity index (χ3n) is 4.02. The van der Waals surface area contributed by atoms with Crippen LogP contribution in [0.2, 0.25) is 0 Å². The molecule has 1 aromatic rings. The molecule has 1 aromatic carbocycles. The van der Waals surface area contributed by atoms with Crippen molar-refractivity contribution in [1.29, 1.82) is 0 Å². The monoisotopic (exact) mass is 326 g/mol. The van der Waals surface area contributed by atoms with Gasteiger partial charge in [0, 0.05) is 13.0 Å². The van der Waals surface area contributed by atoms with Crippen molar-refractivity contribution in [2.24, 2.45) is 5.92 Å². The lowest BCUT2D eigenvalue weighted by molar-refractivity contribution is -0.121. The van der Waals surface area contributed by atoms with Crippen LogP contribution in [0.1, 0.15) is 31.2 Å². The van der Waals surface area contributed by atoms with E-state index in [1.54, 1.807) is 7.11 Å². The van der Waals surface area contributed by atoms with Gasteiger partial charge in [0.25, 0.3) is 0 Å². The van der Waals surface area contributed by atoms with Crippen LogP contribution in [0.25, 0.3) is 0 Å². The second kappa shape index (κ2) is 10.5. The van der Waals surface area contributed by atoms with Crippen LogP contribution < -0.4 is 15.4 Å². The van der Waals surface area contributed by atoms with Gasteiger partial charge < -0.3 is 15.4 Å². The molecular formula is C17H27ClN2O2. The van der Waals surface area contributed by atoms with Gasteiger partial charge in [-0.2, -0.15) is 0 Å². The minimum atomic E-state index is 0. The third kappa shape index (κ3) is 6.67. The Kier molecular flexibility index (Phi) is 8.94. The summed E-state index contributed by atoms with van der Waals surface area (Å²) in [5.41, 5.74) is 1.25. The standard InChI is InChI=1S/C17H26N2O2.ClH/c1-21-16-9-7-14(8-10-16)4-2-6-17(20)19-13-15-5-3-11-18-12-15;/h7-10,15,18H,2-6,11-13H2,1H3,(H,19,20);1H. The average Bonchev–Trinajstić information content (AvgIpc) is 2.54. The fourth-order valence-electron chi connectivity index (χ4n) is 2.69. The normalized spacial score (nSPS) is 17.4. The quantitative estimate of drug-likeness (QED) is 0.809. The molecule has 0 bridgehead atoms. The number of carbonyl (C=O) groups is 1. The van der Waals surface area contributed by atoms with Gasteiger partial charge in [-0.1, -0.05) is 12.1 Å². The summed E-state index contributed by atoms with van der Waals surface area (Å²) >= 11 is 0. The molecule has 1 atom stereocenters. The Hall–Kier alpha value is -1.26. The summed E-state index contributed by atoms with van der Waals surface area (Å²) < 4.78 is 5.13. The molecule has 1 fully saturated rings. The number of ether oxygens (including phenoxy) is 1. The van der Waals surface area contributed by atoms with Gasteiger partial charge in [-0.15, -0.1) is 12.4 Å². The second-order valence-electron chi connectivity index (χ2n) is 5.72. The molecule has 1 saturated heterocycles. The van der Waals surface area contributed by atoms with E-state index in [0.29, 0.717) is 12.3 Å². The maximum atomic E-state index is 11.8. The number of amides is 1. The highest BCUT2D eigenvalue weighted by atomic mass is 35.5. The Bertz CT molecular complexity index is 431. The lowest BCUT2D eigenvalue weighted by atomic mass is 10.00. The molecule has 22 heavy (non-hydrogen) atoms. The molecule has 1 aliphatic rings. The number of hydrogen-bond donors (Lipinski definition) is 2. The van der Waals surface area contributed by atoms with Crippen LogP contribution in [0, 0.1) is 5.92 Å². The molecule has 1 aliphatic heterocycles. The van der Waals surface area contributed by atoms with Gasteiger partial charge in [0.05, 0.1) is 7.11 Å². The Morgan fingerprint density at radius 1 is 1.36 bits per heavy atom. The van der Waals surface area contributed by atoms with Crippen LogP contribution in [0.3, 0.4) is 0 Å². The molecule has 1 heterocycles. The number of hydrogen-bond acceptors (Lipinski definition) is 3. The van der Waals surface area contributed by atoms with Crippen LogP contribution >= 0.6 is 12.4 Å². The van der Waals surface area contributed by atoms with E-state index >= 15 is 0 Å². The van der Waals surface area contributed by atoms with E-state index in [2.05, 4.69) is 22.8 Å². The Morgan fingerprint density at radius 2 is 2.14 bits per heavy atom. The van der Waals surface area contributed by atoms with Crippen molar-refractivity contribution in [3.63, 3.8) is 0 Å². The van der Waals surface area contributed by atoms with Crippen LogP contribution in [0.15, 0.2) is 24.3 Å². The van der Waals surface area contributed by atoms with Crippen molar-refractivity contribution >= 4 is 18.3 Å². The molecule has 124 valence electrons. The van der Waals surface area contributed by atoms with Crippen LogP contribution in [-0.2, 0) is 11.2 Å². The van der Waals surface area contributed by atoms with Crippen molar-refractivity contribution in [2.75, 3.05) is 26.7 Å². The number of aryl methyl sites for hydroxylation is 1. The molecule has 2 N–H and O–H groups in total. The number of benzene rings is 1. The SMILES string of the molecule is COc1ccc(CCCC(=O)NCC2CCCNC2)cc1.Cl. The lowest BCUT2D eigenvalue weighted by Gasteiger charge is -2.22. The molecule has 1 amide bonds. The van der Waals surface area contributed by atoms with Gasteiger partial charge in [-0.25, -0.2) is 0 Å². The zero-order valence-corrected chi connectivity index (χ0v) is 14.1. The zero-order valence-electron chi connectivity index (χ0n) is 13.3. The number of methoxy groups -OCH3 is 1. The highest BCUT2D eigenvalue weighted by molar-refractivity contribution is 5.85. The van der Waals surface area contributed by atoms with Gasteiger partial charge in [0.15, 0.2) is 0 Å². The zero-order chi connectivity index (χ0) is 14.9. The van der Waals surface area contributed by atoms with Crippen LogP contribution in [0.5, 0.6) is 5.75 Å². The fraction of sp³-hybridized carbons (Fsp3) is 0.588. The Morgan fingerprint density at radius 3 is 2.77 bits per heavy atom. The van der Waals surface area contributed by atoms with Crippen molar-refractivity contribution in [2.45, 2.75) is 32.1 Å². The van der Waals surface area contributed by atoms with Gasteiger partial charge in [0.1, 0.15) is 5.75 Å². The summed E-state index contributed by atoms with van der Waals surface area (Å²) in [6.07, 6.45) is 4.87. The van der Waals surface area contributed by atoms with Crippen LogP contribution in [0.4, 0.5) is 0 Å². The molecular weight excluding hydrogens is 300 g/mol. The average molecular weight is 327 g/mol. The fourth-order valence-corrected chi connectivity index (χ4v) is 2.69. The molecule has 5 heteroatoms. The summed E-state index contributed by atoms with van der Waals surface area (Å²) in [5.74, 6) is 1.65. The molecule has 4 nitrogen and oxygen atoms in total. The topological polar surface area (TPSA) is 50.4 Å². The van der Waals surface area contributed by atoms with E-state index < -0.39 is 0 Å². The summed E-state index contributed by atoms with van der Waals surface area (Å²) in [6.45, 7) is 2.97. The summed E-state index contributed by atoms with van der Waals surface area (Å²) in [5, 5.41) is 6.43. The number of piperidine rings is 1. The first kappa shape index (κ1) is 18.8. The predicted molar refractivity (Wildman–Crippen MR) is 91.8 cm³/mol. The highest BCUT2D eigenvalue weighted by Gasteiger charge is 2.13. The van der Waals surface area contributed by atoms with E-state index in [4.69, 9.17) is 4.74 Å². The molecule has 0 aliphatic carbocycles. The first-order valence-electron chi connectivity index (χ1n) is 7.88. The smallest absolute Gasteiger partial charge is 0.220 e. The van der Waals surface area contributed by atoms with E-state index in [1.165, 1.54) is 18.4 Å². The van der Waals surface area contributed by atoms with Crippen LogP contribution in [-0.4, -0.2) is 32.7 Å². The molecule has 0 aromatic heterocycles. The van der Waals surface area contributed by atoms with Gasteiger partial charge in [0.2, 0.25) is 5.91 Å². The third-order valence-corrected chi connectivity index (χ3v) is 4.02. The van der Waals surface area contributed by atoms with E-state index in [0.717, 1.165) is 38.2 Å². The first-order chi connectivity index (χ1) is 10.3. The number of rotatable bonds is 7. The van der Waals surface area contributed by atoms with Crippen molar-refractivity contribution in [1.82, 2.24) is 10.6 Å². The van der Waals surface area contributed by atoms with Gasteiger partial charge in [-0.3, -0.25) is 4.79 Å². The Balaban J connectivity index is 0.00000242. The summed E-state index contributed by atoms with van der Waals surface area (Å²) in [6, 6.07) is 8.05. The predicted octanol–water partition coefficient (Wildman–Crippen LogP) is 2.56. The largest absolute Gasteiger partial charge is 0.497 e. The van der Waals surface area contributed by atoms with E-state index in [1.807, 2.05) is 12.1 Å². The minimum absolute atomic E-state index is 0. The number of carbonyl (C=O) groups excluding carboxylic acids is 1.